The van der Waals surface area contributed by atoms with Gasteiger partial charge in [0.25, 0.3) is 5.91 Å². The third-order valence-corrected chi connectivity index (χ3v) is 4.07. The largest absolute Gasteiger partial charge is 0.379 e. The molecule has 1 aromatic heterocycles. The molecular formula is C15H22ClN3O2. The summed E-state index contributed by atoms with van der Waals surface area (Å²) in [7, 11) is 1.70. The lowest BCUT2D eigenvalue weighted by Crippen LogP contribution is -2.46. The second kappa shape index (κ2) is 7.09. The molecule has 1 aliphatic heterocycles. The molecule has 2 rings (SSSR count). The van der Waals surface area contributed by atoms with Crippen LogP contribution in [-0.2, 0) is 4.74 Å². The van der Waals surface area contributed by atoms with Crippen LogP contribution in [0.15, 0.2) is 12.1 Å². The number of aromatic nitrogens is 1. The summed E-state index contributed by atoms with van der Waals surface area (Å²) >= 11 is 6.00. The molecule has 1 amide bonds. The first kappa shape index (κ1) is 16.0. The Labute approximate surface area is 130 Å². The summed E-state index contributed by atoms with van der Waals surface area (Å²) in [5.74, 6) is 1.08. The summed E-state index contributed by atoms with van der Waals surface area (Å²) in [6, 6.07) is 3.36. The standard InChI is InChI=1S/C15H22ClN3O2/c1-4-17-14-8-11(7-13(16)18-14)15(20)19-6-5-10(2)12(9-19)21-3/h7-8,10,12H,4-6,9H2,1-3H3,(H,17,18). The van der Waals surface area contributed by atoms with Crippen molar-refractivity contribution in [3.63, 3.8) is 0 Å². The maximum atomic E-state index is 12.6. The molecular weight excluding hydrogens is 290 g/mol. The molecule has 1 aliphatic rings. The second-order valence-electron chi connectivity index (χ2n) is 5.39. The number of hydrogen-bond donors (Lipinski definition) is 1. The van der Waals surface area contributed by atoms with Crippen LogP contribution in [0.2, 0.25) is 5.15 Å². The van der Waals surface area contributed by atoms with Gasteiger partial charge in [0.05, 0.1) is 6.10 Å². The van der Waals surface area contributed by atoms with Crippen LogP contribution in [-0.4, -0.2) is 48.6 Å². The van der Waals surface area contributed by atoms with Crippen LogP contribution in [0, 0.1) is 5.92 Å². The fraction of sp³-hybridized carbons (Fsp3) is 0.600. The SMILES string of the molecule is CCNc1cc(C(=O)N2CCC(C)C(OC)C2)cc(Cl)n1. The Morgan fingerprint density at radius 3 is 3.00 bits per heavy atom. The Hall–Kier alpha value is -1.33. The molecule has 0 bridgehead atoms. The van der Waals surface area contributed by atoms with Gasteiger partial charge in [-0.05, 0) is 31.4 Å². The molecule has 2 atom stereocenters. The Balaban J connectivity index is 2.16. The summed E-state index contributed by atoms with van der Waals surface area (Å²) in [6.45, 7) is 6.22. The number of nitrogens with zero attached hydrogens (tertiary/aromatic N) is 2. The first-order valence-electron chi connectivity index (χ1n) is 7.28. The smallest absolute Gasteiger partial charge is 0.254 e. The molecule has 1 fully saturated rings. The number of piperidine rings is 1. The van der Waals surface area contributed by atoms with E-state index in [1.807, 2.05) is 11.8 Å². The van der Waals surface area contributed by atoms with E-state index in [1.54, 1.807) is 19.2 Å². The monoisotopic (exact) mass is 311 g/mol. The lowest BCUT2D eigenvalue weighted by atomic mass is 9.95. The first-order valence-corrected chi connectivity index (χ1v) is 7.66. The van der Waals surface area contributed by atoms with Crippen molar-refractivity contribution in [3.8, 4) is 0 Å². The fourth-order valence-corrected chi connectivity index (χ4v) is 2.81. The first-order chi connectivity index (χ1) is 10.0. The minimum absolute atomic E-state index is 0.0209. The highest BCUT2D eigenvalue weighted by molar-refractivity contribution is 6.29. The minimum Gasteiger partial charge on any atom is -0.379 e. The molecule has 116 valence electrons. The fourth-order valence-electron chi connectivity index (χ4n) is 2.60. The highest BCUT2D eigenvalue weighted by Gasteiger charge is 2.29. The van der Waals surface area contributed by atoms with Gasteiger partial charge in [-0.3, -0.25) is 4.79 Å². The summed E-state index contributed by atoms with van der Waals surface area (Å²) < 4.78 is 5.46. The van der Waals surface area contributed by atoms with E-state index >= 15 is 0 Å². The summed E-state index contributed by atoms with van der Waals surface area (Å²) in [4.78, 5) is 18.6. The number of hydrogen-bond acceptors (Lipinski definition) is 4. The van der Waals surface area contributed by atoms with E-state index in [1.165, 1.54) is 0 Å². The lowest BCUT2D eigenvalue weighted by molar-refractivity contribution is -0.00156. The number of likely N-dealkylation sites (tertiary alicyclic amines) is 1. The van der Waals surface area contributed by atoms with Gasteiger partial charge >= 0.3 is 0 Å². The number of pyridine rings is 1. The summed E-state index contributed by atoms with van der Waals surface area (Å²) in [5.41, 5.74) is 0.565. The van der Waals surface area contributed by atoms with Gasteiger partial charge in [0.2, 0.25) is 0 Å². The van der Waals surface area contributed by atoms with Crippen LogP contribution in [0.25, 0.3) is 0 Å². The zero-order valence-electron chi connectivity index (χ0n) is 12.7. The number of carbonyl (C=O) groups excluding carboxylic acids is 1. The van der Waals surface area contributed by atoms with Crippen molar-refractivity contribution in [2.24, 2.45) is 5.92 Å². The van der Waals surface area contributed by atoms with E-state index in [2.05, 4.69) is 17.2 Å². The predicted octanol–water partition coefficient (Wildman–Crippen LogP) is 2.66. The van der Waals surface area contributed by atoms with Crippen molar-refractivity contribution in [2.75, 3.05) is 32.1 Å². The van der Waals surface area contributed by atoms with Gasteiger partial charge in [-0.2, -0.15) is 0 Å². The topological polar surface area (TPSA) is 54.5 Å². The maximum Gasteiger partial charge on any atom is 0.254 e. The van der Waals surface area contributed by atoms with Crippen LogP contribution in [0.4, 0.5) is 5.82 Å². The van der Waals surface area contributed by atoms with Crippen molar-refractivity contribution < 1.29 is 9.53 Å². The van der Waals surface area contributed by atoms with E-state index in [0.29, 0.717) is 29.0 Å². The van der Waals surface area contributed by atoms with Gasteiger partial charge in [-0.15, -0.1) is 0 Å². The molecule has 1 saturated heterocycles. The Morgan fingerprint density at radius 1 is 1.57 bits per heavy atom. The van der Waals surface area contributed by atoms with Crippen molar-refractivity contribution in [3.05, 3.63) is 22.8 Å². The van der Waals surface area contributed by atoms with E-state index < -0.39 is 0 Å². The van der Waals surface area contributed by atoms with Crippen LogP contribution >= 0.6 is 11.6 Å². The Bertz CT molecular complexity index is 510. The number of ether oxygens (including phenoxy) is 1. The highest BCUT2D eigenvalue weighted by Crippen LogP contribution is 2.22. The lowest BCUT2D eigenvalue weighted by Gasteiger charge is -2.36. The number of rotatable bonds is 4. The average molecular weight is 312 g/mol. The van der Waals surface area contributed by atoms with Crippen LogP contribution in [0.1, 0.15) is 30.6 Å². The van der Waals surface area contributed by atoms with Crippen molar-refractivity contribution >= 4 is 23.3 Å². The van der Waals surface area contributed by atoms with Gasteiger partial charge in [-0.1, -0.05) is 18.5 Å². The molecule has 0 aliphatic carbocycles. The van der Waals surface area contributed by atoms with Gasteiger partial charge in [0.15, 0.2) is 0 Å². The summed E-state index contributed by atoms with van der Waals surface area (Å²) in [5, 5.41) is 3.41. The van der Waals surface area contributed by atoms with Gasteiger partial charge < -0.3 is 15.0 Å². The third kappa shape index (κ3) is 3.86. The van der Waals surface area contributed by atoms with Crippen LogP contribution in [0.5, 0.6) is 0 Å². The van der Waals surface area contributed by atoms with Crippen LogP contribution < -0.4 is 5.32 Å². The van der Waals surface area contributed by atoms with Crippen molar-refractivity contribution in [1.29, 1.82) is 0 Å². The molecule has 0 spiro atoms. The third-order valence-electron chi connectivity index (χ3n) is 3.88. The Kier molecular flexibility index (Phi) is 5.42. The zero-order valence-corrected chi connectivity index (χ0v) is 13.5. The van der Waals surface area contributed by atoms with E-state index in [4.69, 9.17) is 16.3 Å². The number of methoxy groups -OCH3 is 1. The number of nitrogens with one attached hydrogen (secondary N) is 1. The van der Waals surface area contributed by atoms with Crippen molar-refractivity contribution in [1.82, 2.24) is 9.88 Å². The minimum atomic E-state index is -0.0209. The zero-order chi connectivity index (χ0) is 15.4. The molecule has 1 aromatic rings. The Morgan fingerprint density at radius 2 is 2.33 bits per heavy atom. The number of amides is 1. The molecule has 0 saturated carbocycles. The van der Waals surface area contributed by atoms with Gasteiger partial charge in [-0.25, -0.2) is 4.98 Å². The molecule has 1 N–H and O–H groups in total. The van der Waals surface area contributed by atoms with Gasteiger partial charge in [0, 0.05) is 32.3 Å². The second-order valence-corrected chi connectivity index (χ2v) is 5.77. The van der Waals surface area contributed by atoms with E-state index in [9.17, 15) is 4.79 Å². The van der Waals surface area contributed by atoms with E-state index in [0.717, 1.165) is 19.5 Å². The number of carbonyl (C=O) groups is 1. The molecule has 6 heteroatoms. The highest BCUT2D eigenvalue weighted by atomic mass is 35.5. The predicted molar refractivity (Wildman–Crippen MR) is 83.9 cm³/mol. The molecule has 2 unspecified atom stereocenters. The molecule has 2 heterocycles. The average Bonchev–Trinajstić information content (AvgIpc) is 2.47. The van der Waals surface area contributed by atoms with Gasteiger partial charge in [0.1, 0.15) is 11.0 Å². The van der Waals surface area contributed by atoms with Crippen LogP contribution in [0.3, 0.4) is 0 Å². The normalized spacial score (nSPS) is 22.2. The number of anilines is 1. The number of halogens is 1. The molecule has 5 nitrogen and oxygen atoms in total. The van der Waals surface area contributed by atoms with E-state index in [-0.39, 0.29) is 12.0 Å². The maximum absolute atomic E-state index is 12.6. The molecule has 0 radical (unpaired) electrons. The molecule has 21 heavy (non-hydrogen) atoms. The molecule has 0 aromatic carbocycles. The summed E-state index contributed by atoms with van der Waals surface area (Å²) in [6.07, 6.45) is 1.04. The van der Waals surface area contributed by atoms with Crippen molar-refractivity contribution in [2.45, 2.75) is 26.4 Å². The quantitative estimate of drug-likeness (QED) is 0.869.